The third-order valence-electron chi connectivity index (χ3n) is 5.19. The summed E-state index contributed by atoms with van der Waals surface area (Å²) in [6, 6.07) is 6.58. The number of amidine groups is 1. The van der Waals surface area contributed by atoms with Crippen molar-refractivity contribution in [2.45, 2.75) is 57.2 Å². The van der Waals surface area contributed by atoms with E-state index < -0.39 is 23.3 Å². The van der Waals surface area contributed by atoms with Crippen molar-refractivity contribution in [2.75, 3.05) is 5.75 Å². The first-order chi connectivity index (χ1) is 12.1. The van der Waals surface area contributed by atoms with E-state index in [4.69, 9.17) is 4.99 Å². The maximum atomic E-state index is 14.7. The Morgan fingerprint density at radius 3 is 2.69 bits per heavy atom. The topological polar surface area (TPSA) is 73.1 Å². The number of carbonyl (C=O) groups is 1. The molecule has 0 radical (unpaired) electrons. The molecule has 5 nitrogen and oxygen atoms in total. The predicted octanol–water partition coefficient (Wildman–Crippen LogP) is 4.06. The number of fused-ring (bicyclic) bond motifs is 1. The number of hydrogen-bond acceptors (Lipinski definition) is 4. The summed E-state index contributed by atoms with van der Waals surface area (Å²) in [4.78, 5) is 18.0. The second-order valence-corrected chi connectivity index (χ2v) is 9.01. The van der Waals surface area contributed by atoms with E-state index in [9.17, 15) is 19.4 Å². The average molecular weight is 380 g/mol. The minimum atomic E-state index is -1.07. The molecule has 1 aliphatic heterocycles. The van der Waals surface area contributed by atoms with Crippen LogP contribution in [0.25, 0.3) is 0 Å². The molecule has 1 aliphatic carbocycles. The van der Waals surface area contributed by atoms with Gasteiger partial charge in [0.05, 0.1) is 11.6 Å². The zero-order valence-electron chi connectivity index (χ0n) is 15.3. The van der Waals surface area contributed by atoms with Crippen LogP contribution in [-0.4, -0.2) is 43.8 Å². The average Bonchev–Trinajstić information content (AvgIpc) is 2.54. The highest BCUT2D eigenvalue weighted by molar-refractivity contribution is 8.13. The first-order valence-electron chi connectivity index (χ1n) is 8.84. The van der Waals surface area contributed by atoms with Gasteiger partial charge in [0.15, 0.2) is 5.17 Å². The minimum absolute atomic E-state index is 0.0347. The van der Waals surface area contributed by atoms with E-state index in [2.05, 4.69) is 0 Å². The molecule has 3 rings (SSSR count). The molecular weight excluding hydrogens is 355 g/mol. The van der Waals surface area contributed by atoms with E-state index in [1.165, 1.54) is 22.7 Å². The fraction of sp³-hybridized carbons (Fsp3) is 0.579. The maximum absolute atomic E-state index is 14.7. The third kappa shape index (κ3) is 3.34. The van der Waals surface area contributed by atoms with Crippen molar-refractivity contribution in [3.05, 3.63) is 35.6 Å². The lowest BCUT2D eigenvalue weighted by Gasteiger charge is -2.47. The maximum Gasteiger partial charge on any atom is 0.413 e. The lowest BCUT2D eigenvalue weighted by atomic mass is 9.69. The Labute approximate surface area is 157 Å². The lowest BCUT2D eigenvalue weighted by Crippen LogP contribution is -2.52. The number of nitrogens with zero attached hydrogens (tertiary/aromatic N) is 2. The highest BCUT2D eigenvalue weighted by Gasteiger charge is 2.50. The van der Waals surface area contributed by atoms with Crippen LogP contribution in [-0.2, 0) is 5.54 Å². The molecule has 2 aliphatic rings. The van der Waals surface area contributed by atoms with Gasteiger partial charge in [0.2, 0.25) is 0 Å². The van der Waals surface area contributed by atoms with Crippen molar-refractivity contribution in [2.24, 2.45) is 10.9 Å². The Hall–Kier alpha value is -1.60. The fourth-order valence-electron chi connectivity index (χ4n) is 3.96. The first kappa shape index (κ1) is 19.2. The van der Waals surface area contributed by atoms with Crippen molar-refractivity contribution in [1.29, 1.82) is 0 Å². The van der Waals surface area contributed by atoms with Crippen LogP contribution in [0.2, 0.25) is 0 Å². The number of rotatable bonds is 1. The Morgan fingerprint density at radius 1 is 1.38 bits per heavy atom. The molecule has 26 heavy (non-hydrogen) atoms. The lowest BCUT2D eigenvalue weighted by molar-refractivity contribution is 0.0588. The number of benzene rings is 1. The molecule has 1 aromatic carbocycles. The summed E-state index contributed by atoms with van der Waals surface area (Å²) in [7, 11) is 0. The molecule has 142 valence electrons. The number of aliphatic hydroxyl groups is 1. The molecule has 0 bridgehead atoms. The second kappa shape index (κ2) is 6.85. The van der Waals surface area contributed by atoms with Gasteiger partial charge >= 0.3 is 6.09 Å². The van der Waals surface area contributed by atoms with Crippen LogP contribution in [0.15, 0.2) is 29.3 Å². The van der Waals surface area contributed by atoms with Gasteiger partial charge in [0.1, 0.15) is 5.82 Å². The smallest absolute Gasteiger partial charge is 0.413 e. The molecule has 1 aromatic rings. The molecule has 7 heteroatoms. The Morgan fingerprint density at radius 2 is 2.08 bits per heavy atom. The third-order valence-corrected chi connectivity index (χ3v) is 6.29. The first-order valence-corrected chi connectivity index (χ1v) is 9.82. The van der Waals surface area contributed by atoms with E-state index >= 15 is 0 Å². The SMILES string of the molecule is CC(C)(C)N(C(=O)O)C1=NC2(c3ccccc3F)CCC(O)CC2CS1. The molecule has 1 amide bonds. The molecule has 1 heterocycles. The zero-order chi connectivity index (χ0) is 19.1. The van der Waals surface area contributed by atoms with Gasteiger partial charge in [-0.2, -0.15) is 0 Å². The number of amides is 1. The van der Waals surface area contributed by atoms with E-state index in [1.54, 1.807) is 18.2 Å². The summed E-state index contributed by atoms with van der Waals surface area (Å²) in [6.45, 7) is 5.45. The van der Waals surface area contributed by atoms with Crippen molar-refractivity contribution < 1.29 is 19.4 Å². The largest absolute Gasteiger partial charge is 0.465 e. The molecule has 1 saturated carbocycles. The van der Waals surface area contributed by atoms with Gasteiger partial charge in [0, 0.05) is 22.8 Å². The predicted molar refractivity (Wildman–Crippen MR) is 101 cm³/mol. The van der Waals surface area contributed by atoms with Crippen molar-refractivity contribution in [1.82, 2.24) is 4.90 Å². The Kier molecular flexibility index (Phi) is 5.05. The molecule has 1 fully saturated rings. The molecule has 0 saturated heterocycles. The molecule has 3 atom stereocenters. The van der Waals surface area contributed by atoms with Gasteiger partial charge < -0.3 is 10.2 Å². The summed E-state index contributed by atoms with van der Waals surface area (Å²) in [6.07, 6.45) is 0.0777. The van der Waals surface area contributed by atoms with E-state index in [-0.39, 0.29) is 11.7 Å². The normalized spacial score (nSPS) is 28.9. The van der Waals surface area contributed by atoms with Gasteiger partial charge in [-0.1, -0.05) is 30.0 Å². The monoisotopic (exact) mass is 380 g/mol. The number of halogens is 1. The molecule has 2 N–H and O–H groups in total. The highest BCUT2D eigenvalue weighted by Crippen LogP contribution is 2.50. The highest BCUT2D eigenvalue weighted by atomic mass is 32.2. The minimum Gasteiger partial charge on any atom is -0.465 e. The quantitative estimate of drug-likeness (QED) is 0.770. The number of aliphatic hydroxyl groups excluding tert-OH is 1. The molecule has 3 unspecified atom stereocenters. The summed E-state index contributed by atoms with van der Waals surface area (Å²) in [5.74, 6) is 0.235. The van der Waals surface area contributed by atoms with Crippen LogP contribution in [0.4, 0.5) is 9.18 Å². The van der Waals surface area contributed by atoms with Crippen LogP contribution in [0, 0.1) is 11.7 Å². The number of aliphatic imine (C=N–C) groups is 1. The molecular formula is C19H25FN2O3S. The Balaban J connectivity index is 2.15. The fourth-order valence-corrected chi connectivity index (χ4v) is 5.43. The van der Waals surface area contributed by atoms with Gasteiger partial charge in [0.25, 0.3) is 0 Å². The van der Waals surface area contributed by atoms with Crippen molar-refractivity contribution in [3.8, 4) is 0 Å². The van der Waals surface area contributed by atoms with Gasteiger partial charge in [-0.25, -0.2) is 9.18 Å². The molecule has 0 aromatic heterocycles. The van der Waals surface area contributed by atoms with Gasteiger partial charge in [-0.3, -0.25) is 9.89 Å². The van der Waals surface area contributed by atoms with Crippen LogP contribution in [0.5, 0.6) is 0 Å². The van der Waals surface area contributed by atoms with Gasteiger partial charge in [-0.05, 0) is 46.1 Å². The number of carboxylic acid groups (broad SMARTS) is 1. The number of thioether (sulfide) groups is 1. The van der Waals surface area contributed by atoms with Crippen molar-refractivity contribution in [3.63, 3.8) is 0 Å². The molecule has 0 spiro atoms. The van der Waals surface area contributed by atoms with Crippen LogP contribution < -0.4 is 0 Å². The standard InChI is InChI=1S/C19H25FN2O3S/c1-18(2,3)22(17(24)25)16-21-19(14-6-4-5-7-15(14)20)9-8-13(23)10-12(19)11-26-16/h4-7,12-13,23H,8-11H2,1-3H3,(H,24,25). The summed E-state index contributed by atoms with van der Waals surface area (Å²) in [5.41, 5.74) is -0.992. The van der Waals surface area contributed by atoms with Crippen LogP contribution in [0.1, 0.15) is 45.6 Å². The summed E-state index contributed by atoms with van der Waals surface area (Å²) >= 11 is 1.37. The van der Waals surface area contributed by atoms with E-state index in [1.807, 2.05) is 20.8 Å². The van der Waals surface area contributed by atoms with E-state index in [0.29, 0.717) is 35.7 Å². The Bertz CT molecular complexity index is 734. The summed E-state index contributed by atoms with van der Waals surface area (Å²) in [5, 5.41) is 20.2. The van der Waals surface area contributed by atoms with Gasteiger partial charge in [-0.15, -0.1) is 0 Å². The second-order valence-electron chi connectivity index (χ2n) is 8.02. The zero-order valence-corrected chi connectivity index (χ0v) is 16.1. The van der Waals surface area contributed by atoms with E-state index in [0.717, 1.165) is 0 Å². The van der Waals surface area contributed by atoms with Crippen LogP contribution in [0.3, 0.4) is 0 Å². The summed E-state index contributed by atoms with van der Waals surface area (Å²) < 4.78 is 14.7. The number of hydrogen-bond donors (Lipinski definition) is 2. The van der Waals surface area contributed by atoms with Crippen LogP contribution >= 0.6 is 11.8 Å². The van der Waals surface area contributed by atoms with Crippen molar-refractivity contribution >= 4 is 23.0 Å².